The van der Waals surface area contributed by atoms with Crippen LogP contribution in [0.15, 0.2) is 46.2 Å². The molecule has 0 aliphatic heterocycles. The second-order valence-corrected chi connectivity index (χ2v) is 7.85. The molecule has 0 radical (unpaired) electrons. The van der Waals surface area contributed by atoms with Crippen LogP contribution in [0.5, 0.6) is 0 Å². The monoisotopic (exact) mass is 439 g/mol. The molecule has 0 fully saturated rings. The molecular weight excluding hydrogens is 421 g/mol. The van der Waals surface area contributed by atoms with Gasteiger partial charge in [-0.15, -0.1) is 10.2 Å². The number of aromatic nitrogens is 3. The highest BCUT2D eigenvalue weighted by molar-refractivity contribution is 8.00. The highest BCUT2D eigenvalue weighted by Gasteiger charge is 2.26. The van der Waals surface area contributed by atoms with E-state index < -0.39 is 0 Å². The largest absolute Gasteiger partial charge is 0.465 e. The SMILES string of the molecule is CCC[C@@H](Sc1nnc(-c2ccco2)n1-c1ccc(Cl)c(Cl)c1)C(=O)OCC. The predicted octanol–water partition coefficient (Wildman–Crippen LogP) is 5.66. The molecule has 2 heterocycles. The van der Waals surface area contributed by atoms with Crippen LogP contribution >= 0.6 is 35.0 Å². The minimum atomic E-state index is -0.389. The van der Waals surface area contributed by atoms with Crippen molar-refractivity contribution in [2.75, 3.05) is 6.61 Å². The first-order chi connectivity index (χ1) is 13.5. The zero-order valence-electron chi connectivity index (χ0n) is 15.4. The molecule has 3 aromatic rings. The van der Waals surface area contributed by atoms with Gasteiger partial charge in [0.15, 0.2) is 10.9 Å². The molecule has 1 aromatic carbocycles. The van der Waals surface area contributed by atoms with E-state index in [0.29, 0.717) is 45.5 Å². The van der Waals surface area contributed by atoms with Gasteiger partial charge in [-0.2, -0.15) is 0 Å². The summed E-state index contributed by atoms with van der Waals surface area (Å²) in [6, 6.07) is 8.81. The number of rotatable bonds is 8. The van der Waals surface area contributed by atoms with Gasteiger partial charge in [-0.25, -0.2) is 0 Å². The Bertz CT molecular complexity index is 944. The number of hydrogen-bond acceptors (Lipinski definition) is 6. The summed E-state index contributed by atoms with van der Waals surface area (Å²) in [5.41, 5.74) is 0.715. The molecule has 0 bridgehead atoms. The van der Waals surface area contributed by atoms with Crippen LogP contribution in [0.1, 0.15) is 26.7 Å². The van der Waals surface area contributed by atoms with E-state index in [4.69, 9.17) is 32.4 Å². The molecule has 3 rings (SSSR count). The van der Waals surface area contributed by atoms with Gasteiger partial charge in [-0.1, -0.05) is 48.3 Å². The fourth-order valence-corrected chi connectivity index (χ4v) is 4.07. The van der Waals surface area contributed by atoms with E-state index in [-0.39, 0.29) is 11.2 Å². The summed E-state index contributed by atoms with van der Waals surface area (Å²) in [7, 11) is 0. The van der Waals surface area contributed by atoms with Crippen LogP contribution in [-0.2, 0) is 9.53 Å². The Hall–Kier alpha value is -1.96. The molecule has 6 nitrogen and oxygen atoms in total. The Balaban J connectivity index is 2.05. The molecule has 0 aliphatic rings. The summed E-state index contributed by atoms with van der Waals surface area (Å²) in [5, 5.41) is 9.58. The molecule has 2 aromatic heterocycles. The molecule has 0 N–H and O–H groups in total. The number of furan rings is 1. The van der Waals surface area contributed by atoms with Crippen molar-refractivity contribution in [2.45, 2.75) is 37.1 Å². The van der Waals surface area contributed by atoms with Crippen LogP contribution in [0.4, 0.5) is 0 Å². The van der Waals surface area contributed by atoms with Crippen molar-refractivity contribution in [1.29, 1.82) is 0 Å². The average molecular weight is 440 g/mol. The number of halogens is 2. The van der Waals surface area contributed by atoms with Gasteiger partial charge < -0.3 is 9.15 Å². The molecular formula is C19H19Cl2N3O3S. The highest BCUT2D eigenvalue weighted by Crippen LogP contribution is 2.34. The highest BCUT2D eigenvalue weighted by atomic mass is 35.5. The Labute approximate surface area is 177 Å². The minimum Gasteiger partial charge on any atom is -0.465 e. The lowest BCUT2D eigenvalue weighted by atomic mass is 10.2. The summed E-state index contributed by atoms with van der Waals surface area (Å²) in [6.45, 7) is 4.14. The molecule has 1 atom stereocenters. The van der Waals surface area contributed by atoms with E-state index in [1.807, 2.05) is 13.0 Å². The molecule has 0 unspecified atom stereocenters. The van der Waals surface area contributed by atoms with Gasteiger partial charge in [0.1, 0.15) is 5.25 Å². The zero-order chi connectivity index (χ0) is 20.1. The quantitative estimate of drug-likeness (QED) is 0.333. The van der Waals surface area contributed by atoms with Gasteiger partial charge in [-0.3, -0.25) is 9.36 Å². The normalized spacial score (nSPS) is 12.1. The maximum absolute atomic E-state index is 12.4. The van der Waals surface area contributed by atoms with Crippen molar-refractivity contribution in [3.05, 3.63) is 46.6 Å². The number of thioether (sulfide) groups is 1. The smallest absolute Gasteiger partial charge is 0.319 e. The molecule has 148 valence electrons. The van der Waals surface area contributed by atoms with Crippen LogP contribution in [0, 0.1) is 0 Å². The Morgan fingerprint density at radius 1 is 1.25 bits per heavy atom. The van der Waals surface area contributed by atoms with Crippen molar-refractivity contribution >= 4 is 40.9 Å². The first-order valence-corrected chi connectivity index (χ1v) is 10.5. The van der Waals surface area contributed by atoms with E-state index in [2.05, 4.69) is 10.2 Å². The summed E-state index contributed by atoms with van der Waals surface area (Å²) in [6.07, 6.45) is 3.06. The Morgan fingerprint density at radius 2 is 2.07 bits per heavy atom. The number of ether oxygens (including phenoxy) is 1. The third kappa shape index (κ3) is 4.54. The van der Waals surface area contributed by atoms with E-state index in [1.54, 1.807) is 42.0 Å². The lowest BCUT2D eigenvalue weighted by Crippen LogP contribution is -2.20. The van der Waals surface area contributed by atoms with Crippen molar-refractivity contribution in [1.82, 2.24) is 14.8 Å². The fourth-order valence-electron chi connectivity index (χ4n) is 2.62. The summed E-state index contributed by atoms with van der Waals surface area (Å²) in [4.78, 5) is 12.4. The first kappa shape index (κ1) is 20.8. The van der Waals surface area contributed by atoms with Gasteiger partial charge in [0.05, 0.1) is 28.6 Å². The molecule has 9 heteroatoms. The van der Waals surface area contributed by atoms with Crippen molar-refractivity contribution in [2.24, 2.45) is 0 Å². The van der Waals surface area contributed by atoms with Gasteiger partial charge in [-0.05, 0) is 43.7 Å². The van der Waals surface area contributed by atoms with Crippen LogP contribution in [0.2, 0.25) is 10.0 Å². The second-order valence-electron chi connectivity index (χ2n) is 5.86. The lowest BCUT2D eigenvalue weighted by molar-refractivity contribution is -0.142. The zero-order valence-corrected chi connectivity index (χ0v) is 17.7. The molecule has 28 heavy (non-hydrogen) atoms. The number of carbonyl (C=O) groups is 1. The summed E-state index contributed by atoms with van der Waals surface area (Å²) >= 11 is 13.6. The van der Waals surface area contributed by atoms with E-state index in [1.165, 1.54) is 11.8 Å². The number of carbonyl (C=O) groups excluding carboxylic acids is 1. The number of nitrogens with zero attached hydrogens (tertiary/aromatic N) is 3. The fraction of sp³-hybridized carbons (Fsp3) is 0.316. The maximum Gasteiger partial charge on any atom is 0.319 e. The number of hydrogen-bond donors (Lipinski definition) is 0. The van der Waals surface area contributed by atoms with Crippen molar-refractivity contribution < 1.29 is 13.9 Å². The molecule has 0 spiro atoms. The molecule has 0 aliphatic carbocycles. The lowest BCUT2D eigenvalue weighted by Gasteiger charge is -2.15. The summed E-state index contributed by atoms with van der Waals surface area (Å²) in [5.74, 6) is 0.788. The van der Waals surface area contributed by atoms with Crippen molar-refractivity contribution in [3.63, 3.8) is 0 Å². The van der Waals surface area contributed by atoms with Gasteiger partial charge >= 0.3 is 5.97 Å². The third-order valence-corrected chi connectivity index (χ3v) is 5.81. The van der Waals surface area contributed by atoms with Crippen LogP contribution in [0.25, 0.3) is 17.3 Å². The average Bonchev–Trinajstić information content (AvgIpc) is 3.33. The van der Waals surface area contributed by atoms with Crippen LogP contribution in [-0.4, -0.2) is 32.6 Å². The predicted molar refractivity (Wildman–Crippen MR) is 110 cm³/mol. The third-order valence-electron chi connectivity index (χ3n) is 3.88. The molecule has 0 saturated heterocycles. The van der Waals surface area contributed by atoms with Crippen LogP contribution < -0.4 is 0 Å². The second kappa shape index (κ2) is 9.49. The molecule has 0 amide bonds. The van der Waals surface area contributed by atoms with E-state index in [9.17, 15) is 4.79 Å². The van der Waals surface area contributed by atoms with Gasteiger partial charge in [0.25, 0.3) is 0 Å². The topological polar surface area (TPSA) is 70.2 Å². The van der Waals surface area contributed by atoms with Crippen LogP contribution in [0.3, 0.4) is 0 Å². The van der Waals surface area contributed by atoms with Crippen molar-refractivity contribution in [3.8, 4) is 17.3 Å². The minimum absolute atomic E-state index is 0.266. The van der Waals surface area contributed by atoms with Gasteiger partial charge in [0.2, 0.25) is 5.82 Å². The number of esters is 1. The Morgan fingerprint density at radius 3 is 2.71 bits per heavy atom. The maximum atomic E-state index is 12.4. The summed E-state index contributed by atoms with van der Waals surface area (Å²) < 4.78 is 12.5. The first-order valence-electron chi connectivity index (χ1n) is 8.83. The van der Waals surface area contributed by atoms with E-state index in [0.717, 1.165) is 6.42 Å². The van der Waals surface area contributed by atoms with Gasteiger partial charge in [0, 0.05) is 0 Å². The number of benzene rings is 1. The standard InChI is InChI=1S/C19H19Cl2N3O3S/c1-3-6-16(18(25)26-4-2)28-19-23-22-17(15-7-5-10-27-15)24(19)12-8-9-13(20)14(21)11-12/h5,7-11,16H,3-4,6H2,1-2H3/t16-/m1/s1. The molecule has 0 saturated carbocycles. The Kier molecular flexibility index (Phi) is 7.04. The van der Waals surface area contributed by atoms with E-state index >= 15 is 0 Å².